The lowest BCUT2D eigenvalue weighted by Gasteiger charge is -2.13. The van der Waals surface area contributed by atoms with E-state index in [1.54, 1.807) is 36.4 Å². The molecule has 7 heteroatoms. The predicted octanol–water partition coefficient (Wildman–Crippen LogP) is 2.31. The summed E-state index contributed by atoms with van der Waals surface area (Å²) in [7, 11) is 0. The quantitative estimate of drug-likeness (QED) is 0.701. The Labute approximate surface area is 145 Å². The molecule has 2 rings (SSSR count). The molecule has 1 atom stereocenters. The van der Waals surface area contributed by atoms with Gasteiger partial charge < -0.3 is 23.9 Å². The average Bonchev–Trinajstić information content (AvgIpc) is 3.13. The summed E-state index contributed by atoms with van der Waals surface area (Å²) in [5, 5.41) is 2.62. The number of hydrogen-bond acceptors (Lipinski definition) is 6. The number of furan rings is 1. The highest BCUT2D eigenvalue weighted by Gasteiger charge is 2.18. The van der Waals surface area contributed by atoms with E-state index in [0.29, 0.717) is 18.1 Å². The Morgan fingerprint density at radius 2 is 1.80 bits per heavy atom. The van der Waals surface area contributed by atoms with Crippen molar-refractivity contribution >= 4 is 11.9 Å². The van der Waals surface area contributed by atoms with Crippen LogP contribution in [0.1, 0.15) is 19.6 Å². The summed E-state index contributed by atoms with van der Waals surface area (Å²) in [5.41, 5.74) is 0. The first-order valence-corrected chi connectivity index (χ1v) is 7.93. The number of amides is 1. The predicted molar refractivity (Wildman–Crippen MR) is 89.2 cm³/mol. The first-order valence-electron chi connectivity index (χ1n) is 7.93. The number of esters is 1. The molecule has 0 bridgehead atoms. The van der Waals surface area contributed by atoms with Crippen LogP contribution in [0, 0.1) is 0 Å². The summed E-state index contributed by atoms with van der Waals surface area (Å²) in [6, 6.07) is 10.3. The van der Waals surface area contributed by atoms with Gasteiger partial charge in [0, 0.05) is 0 Å². The van der Waals surface area contributed by atoms with Gasteiger partial charge in [0.2, 0.25) is 0 Å². The molecule has 0 aliphatic heterocycles. The Morgan fingerprint density at radius 1 is 1.12 bits per heavy atom. The van der Waals surface area contributed by atoms with Crippen LogP contribution < -0.4 is 14.8 Å². The van der Waals surface area contributed by atoms with E-state index >= 15 is 0 Å². The van der Waals surface area contributed by atoms with Crippen LogP contribution in [0.3, 0.4) is 0 Å². The highest BCUT2D eigenvalue weighted by atomic mass is 16.6. The fraction of sp³-hybridized carbons (Fsp3) is 0.333. The molecule has 25 heavy (non-hydrogen) atoms. The zero-order valence-electron chi connectivity index (χ0n) is 14.2. The molecule has 0 saturated carbocycles. The van der Waals surface area contributed by atoms with Gasteiger partial charge in [0.25, 0.3) is 5.91 Å². The molecule has 1 heterocycles. The Morgan fingerprint density at radius 3 is 2.40 bits per heavy atom. The lowest BCUT2D eigenvalue weighted by Crippen LogP contribution is -2.36. The fourth-order valence-corrected chi connectivity index (χ4v) is 1.96. The molecule has 7 nitrogen and oxygen atoms in total. The van der Waals surface area contributed by atoms with Crippen LogP contribution in [0.15, 0.2) is 47.1 Å². The van der Waals surface area contributed by atoms with Crippen LogP contribution in [0.5, 0.6) is 11.5 Å². The Balaban J connectivity index is 1.70. The van der Waals surface area contributed by atoms with Crippen LogP contribution in [-0.2, 0) is 20.9 Å². The van der Waals surface area contributed by atoms with Crippen molar-refractivity contribution in [1.29, 1.82) is 0 Å². The third-order valence-electron chi connectivity index (χ3n) is 3.19. The van der Waals surface area contributed by atoms with Crippen molar-refractivity contribution < 1.29 is 28.2 Å². The number of benzene rings is 1. The van der Waals surface area contributed by atoms with Crippen LogP contribution in [0.2, 0.25) is 0 Å². The van der Waals surface area contributed by atoms with Crippen LogP contribution in [0.4, 0.5) is 0 Å². The summed E-state index contributed by atoms with van der Waals surface area (Å²) < 4.78 is 20.8. The van der Waals surface area contributed by atoms with Crippen molar-refractivity contribution in [3.8, 4) is 11.5 Å². The van der Waals surface area contributed by atoms with Gasteiger partial charge in [-0.05, 0) is 50.2 Å². The molecule has 0 aliphatic rings. The summed E-state index contributed by atoms with van der Waals surface area (Å²) in [5.74, 6) is 0.806. The Kier molecular flexibility index (Phi) is 6.88. The van der Waals surface area contributed by atoms with Gasteiger partial charge in [0.05, 0.1) is 19.4 Å². The maximum atomic E-state index is 11.9. The van der Waals surface area contributed by atoms with E-state index in [9.17, 15) is 9.59 Å². The average molecular weight is 347 g/mol. The minimum Gasteiger partial charge on any atom is -0.494 e. The van der Waals surface area contributed by atoms with Gasteiger partial charge in [0.15, 0.2) is 12.7 Å². The molecule has 134 valence electrons. The minimum atomic E-state index is -0.925. The second-order valence-electron chi connectivity index (χ2n) is 5.12. The van der Waals surface area contributed by atoms with E-state index in [1.807, 2.05) is 6.92 Å². The van der Waals surface area contributed by atoms with Crippen molar-refractivity contribution in [2.75, 3.05) is 13.2 Å². The van der Waals surface area contributed by atoms with Crippen LogP contribution >= 0.6 is 0 Å². The largest absolute Gasteiger partial charge is 0.494 e. The summed E-state index contributed by atoms with van der Waals surface area (Å²) in [6.07, 6.45) is 0.592. The van der Waals surface area contributed by atoms with Crippen molar-refractivity contribution in [3.63, 3.8) is 0 Å². The normalized spacial score (nSPS) is 11.4. The highest BCUT2D eigenvalue weighted by molar-refractivity contribution is 5.83. The second-order valence-corrected chi connectivity index (χ2v) is 5.12. The molecule has 2 aromatic rings. The maximum absolute atomic E-state index is 11.9. The number of nitrogens with one attached hydrogen (secondary N) is 1. The fourth-order valence-electron chi connectivity index (χ4n) is 1.96. The molecule has 1 N–H and O–H groups in total. The van der Waals surface area contributed by atoms with Crippen LogP contribution in [0.25, 0.3) is 0 Å². The van der Waals surface area contributed by atoms with Crippen molar-refractivity contribution in [2.45, 2.75) is 26.5 Å². The molecule has 0 spiro atoms. The van der Waals surface area contributed by atoms with Crippen LogP contribution in [-0.4, -0.2) is 31.2 Å². The van der Waals surface area contributed by atoms with Gasteiger partial charge in [-0.3, -0.25) is 4.79 Å². The summed E-state index contributed by atoms with van der Waals surface area (Å²) in [6.45, 7) is 3.91. The highest BCUT2D eigenvalue weighted by Crippen LogP contribution is 2.17. The molecule has 0 saturated heterocycles. The summed E-state index contributed by atoms with van der Waals surface area (Å²) >= 11 is 0. The third kappa shape index (κ3) is 6.21. The summed E-state index contributed by atoms with van der Waals surface area (Å²) in [4.78, 5) is 23.6. The van der Waals surface area contributed by atoms with E-state index in [4.69, 9.17) is 18.6 Å². The molecule has 1 aromatic carbocycles. The molecule has 0 radical (unpaired) electrons. The second kappa shape index (κ2) is 9.36. The molecular formula is C18H21NO6. The number of hydrogen-bond donors (Lipinski definition) is 1. The molecule has 1 aromatic heterocycles. The third-order valence-corrected chi connectivity index (χ3v) is 3.19. The van der Waals surface area contributed by atoms with E-state index < -0.39 is 18.0 Å². The van der Waals surface area contributed by atoms with Crippen molar-refractivity contribution in [2.24, 2.45) is 0 Å². The number of carbonyl (C=O) groups is 2. The number of carbonyl (C=O) groups excluding carboxylic acids is 2. The van der Waals surface area contributed by atoms with E-state index in [-0.39, 0.29) is 13.2 Å². The molecular weight excluding hydrogens is 326 g/mol. The molecule has 0 aliphatic carbocycles. The molecule has 1 amide bonds. The van der Waals surface area contributed by atoms with E-state index in [2.05, 4.69) is 5.32 Å². The topological polar surface area (TPSA) is 87.0 Å². The minimum absolute atomic E-state index is 0.233. The van der Waals surface area contributed by atoms with Gasteiger partial charge in [-0.1, -0.05) is 0 Å². The zero-order chi connectivity index (χ0) is 18.1. The first-order chi connectivity index (χ1) is 12.1. The lowest BCUT2D eigenvalue weighted by atomic mass is 10.3. The first kappa shape index (κ1) is 18.4. The van der Waals surface area contributed by atoms with Crippen molar-refractivity contribution in [3.05, 3.63) is 48.4 Å². The molecule has 0 fully saturated rings. The molecule has 0 unspecified atom stereocenters. The van der Waals surface area contributed by atoms with Gasteiger partial charge in [-0.15, -0.1) is 0 Å². The maximum Gasteiger partial charge on any atom is 0.344 e. The monoisotopic (exact) mass is 347 g/mol. The van der Waals surface area contributed by atoms with Gasteiger partial charge >= 0.3 is 5.97 Å². The van der Waals surface area contributed by atoms with Gasteiger partial charge in [0.1, 0.15) is 17.3 Å². The van der Waals surface area contributed by atoms with E-state index in [0.717, 1.165) is 5.75 Å². The number of ether oxygens (including phenoxy) is 3. The van der Waals surface area contributed by atoms with E-state index in [1.165, 1.54) is 13.2 Å². The lowest BCUT2D eigenvalue weighted by molar-refractivity contribution is -0.156. The van der Waals surface area contributed by atoms with Crippen molar-refractivity contribution in [1.82, 2.24) is 5.32 Å². The number of rotatable bonds is 9. The smallest absolute Gasteiger partial charge is 0.344 e. The van der Waals surface area contributed by atoms with Gasteiger partial charge in [-0.2, -0.15) is 0 Å². The van der Waals surface area contributed by atoms with Gasteiger partial charge in [-0.25, -0.2) is 4.79 Å². The Bertz CT molecular complexity index is 665. The Hall–Kier alpha value is -2.96. The zero-order valence-corrected chi connectivity index (χ0v) is 14.2. The SMILES string of the molecule is CCOc1ccc(OCC(=O)O[C@H](C)C(=O)NCc2ccco2)cc1. The standard InChI is InChI=1S/C18H21NO6/c1-3-22-14-6-8-15(9-7-14)24-12-17(20)25-13(2)18(21)19-11-16-5-4-10-23-16/h4-10,13H,3,11-12H2,1-2H3,(H,19,21)/t13-/m1/s1.